The van der Waals surface area contributed by atoms with Gasteiger partial charge in [0.2, 0.25) is 0 Å². The lowest BCUT2D eigenvalue weighted by Gasteiger charge is -2.18. The fourth-order valence-electron chi connectivity index (χ4n) is 1.79. The molecule has 0 aliphatic carbocycles. The normalized spacial score (nSPS) is 14.6. The number of carbonyl (C=O) groups is 1. The molecule has 3 nitrogen and oxygen atoms in total. The van der Waals surface area contributed by atoms with Gasteiger partial charge in [0.15, 0.2) is 0 Å². The smallest absolute Gasteiger partial charge is 0.322 e. The van der Waals surface area contributed by atoms with Crippen molar-refractivity contribution < 1.29 is 9.53 Å². The minimum atomic E-state index is -0.278. The second-order valence-corrected chi connectivity index (χ2v) is 5.46. The van der Waals surface area contributed by atoms with Gasteiger partial charge in [-0.2, -0.15) is 0 Å². The summed E-state index contributed by atoms with van der Waals surface area (Å²) in [5.41, 5.74) is 1.26. The molecule has 90 valence electrons. The Balaban J connectivity index is 2.68. The van der Waals surface area contributed by atoms with Crippen molar-refractivity contribution in [2.75, 3.05) is 7.11 Å². The van der Waals surface area contributed by atoms with Gasteiger partial charge < -0.3 is 4.74 Å². The van der Waals surface area contributed by atoms with Crippen LogP contribution in [0.5, 0.6) is 0 Å². The molecule has 1 N–H and O–H groups in total. The number of carbonyl (C=O) groups excluding carboxylic acids is 1. The lowest BCUT2D eigenvalue weighted by Crippen LogP contribution is -2.36. The fraction of sp³-hybridized carbons (Fsp3) is 0.583. The standard InChI is InChI=1S/C12H19NO2S/c1-7-6-11(10(4)16-7)8(2)13-9(3)12(14)15-5/h6,8-9,13H,1-5H3. The van der Waals surface area contributed by atoms with Gasteiger partial charge in [-0.3, -0.25) is 10.1 Å². The Morgan fingerprint density at radius 1 is 1.44 bits per heavy atom. The second kappa shape index (κ2) is 5.46. The van der Waals surface area contributed by atoms with Crippen LogP contribution in [0.25, 0.3) is 0 Å². The number of nitrogens with one attached hydrogen (secondary N) is 1. The first-order valence-electron chi connectivity index (χ1n) is 5.36. The van der Waals surface area contributed by atoms with Crippen molar-refractivity contribution in [1.82, 2.24) is 5.32 Å². The molecular formula is C12H19NO2S. The van der Waals surface area contributed by atoms with Crippen LogP contribution < -0.4 is 5.32 Å². The van der Waals surface area contributed by atoms with Gasteiger partial charge >= 0.3 is 5.97 Å². The summed E-state index contributed by atoms with van der Waals surface area (Å²) in [6.07, 6.45) is 0. The van der Waals surface area contributed by atoms with E-state index in [1.54, 1.807) is 11.3 Å². The third-order valence-electron chi connectivity index (χ3n) is 2.60. The summed E-state index contributed by atoms with van der Waals surface area (Å²) in [6, 6.07) is 2.06. The van der Waals surface area contributed by atoms with Crippen molar-refractivity contribution >= 4 is 17.3 Å². The molecule has 0 saturated heterocycles. The lowest BCUT2D eigenvalue weighted by atomic mass is 10.1. The molecule has 1 aromatic heterocycles. The third-order valence-corrected chi connectivity index (χ3v) is 3.58. The molecule has 0 amide bonds. The summed E-state index contributed by atoms with van der Waals surface area (Å²) in [7, 11) is 1.41. The van der Waals surface area contributed by atoms with E-state index in [0.717, 1.165) is 0 Å². The van der Waals surface area contributed by atoms with Gasteiger partial charge in [0.05, 0.1) is 7.11 Å². The van der Waals surface area contributed by atoms with E-state index in [4.69, 9.17) is 0 Å². The molecule has 0 aliphatic heterocycles. The van der Waals surface area contributed by atoms with E-state index in [2.05, 4.69) is 36.9 Å². The maximum absolute atomic E-state index is 11.3. The quantitative estimate of drug-likeness (QED) is 0.823. The van der Waals surface area contributed by atoms with Crippen LogP contribution in [0.4, 0.5) is 0 Å². The van der Waals surface area contributed by atoms with E-state index >= 15 is 0 Å². The average Bonchev–Trinajstić information content (AvgIpc) is 2.56. The summed E-state index contributed by atoms with van der Waals surface area (Å²) < 4.78 is 4.69. The fourth-order valence-corrected chi connectivity index (χ4v) is 2.81. The summed E-state index contributed by atoms with van der Waals surface area (Å²) in [5.74, 6) is -0.226. The molecule has 0 aromatic carbocycles. The summed E-state index contributed by atoms with van der Waals surface area (Å²) in [5, 5.41) is 3.23. The van der Waals surface area contributed by atoms with Crippen LogP contribution in [0.15, 0.2) is 6.07 Å². The number of thiophene rings is 1. The van der Waals surface area contributed by atoms with Crippen LogP contribution in [0.2, 0.25) is 0 Å². The number of aryl methyl sites for hydroxylation is 2. The van der Waals surface area contributed by atoms with Gasteiger partial charge in [0.1, 0.15) is 6.04 Å². The zero-order valence-electron chi connectivity index (χ0n) is 10.5. The van der Waals surface area contributed by atoms with Crippen molar-refractivity contribution in [3.63, 3.8) is 0 Å². The SMILES string of the molecule is COC(=O)C(C)NC(C)c1cc(C)sc1C. The maximum atomic E-state index is 11.3. The molecule has 1 heterocycles. The van der Waals surface area contributed by atoms with Gasteiger partial charge in [-0.15, -0.1) is 11.3 Å². The van der Waals surface area contributed by atoms with E-state index in [0.29, 0.717) is 0 Å². The molecule has 16 heavy (non-hydrogen) atoms. The lowest BCUT2D eigenvalue weighted by molar-refractivity contribution is -0.142. The topological polar surface area (TPSA) is 38.3 Å². The Kier molecular flexibility index (Phi) is 4.50. The first-order chi connectivity index (χ1) is 7.45. The van der Waals surface area contributed by atoms with Gasteiger partial charge in [-0.25, -0.2) is 0 Å². The minimum Gasteiger partial charge on any atom is -0.468 e. The highest BCUT2D eigenvalue weighted by molar-refractivity contribution is 7.12. The van der Waals surface area contributed by atoms with Gasteiger partial charge in [0.25, 0.3) is 0 Å². The monoisotopic (exact) mass is 241 g/mol. The Bertz CT molecular complexity index is 373. The highest BCUT2D eigenvalue weighted by Crippen LogP contribution is 2.26. The molecule has 1 rings (SSSR count). The van der Waals surface area contributed by atoms with Crippen molar-refractivity contribution in [3.8, 4) is 0 Å². The molecule has 0 spiro atoms. The molecule has 0 saturated carbocycles. The highest BCUT2D eigenvalue weighted by Gasteiger charge is 2.18. The maximum Gasteiger partial charge on any atom is 0.322 e. The van der Waals surface area contributed by atoms with Crippen molar-refractivity contribution in [2.45, 2.75) is 39.8 Å². The van der Waals surface area contributed by atoms with E-state index in [9.17, 15) is 4.79 Å². The molecule has 0 bridgehead atoms. The molecule has 2 atom stereocenters. The number of rotatable bonds is 4. The Morgan fingerprint density at radius 2 is 2.06 bits per heavy atom. The van der Waals surface area contributed by atoms with Crippen molar-refractivity contribution in [2.24, 2.45) is 0 Å². The molecular weight excluding hydrogens is 222 g/mol. The number of hydrogen-bond donors (Lipinski definition) is 1. The Hall–Kier alpha value is -0.870. The number of ether oxygens (including phenoxy) is 1. The van der Waals surface area contributed by atoms with E-state index < -0.39 is 0 Å². The predicted molar refractivity (Wildman–Crippen MR) is 66.8 cm³/mol. The van der Waals surface area contributed by atoms with Crippen molar-refractivity contribution in [3.05, 3.63) is 21.4 Å². The zero-order chi connectivity index (χ0) is 12.3. The van der Waals surface area contributed by atoms with Crippen LogP contribution in [0, 0.1) is 13.8 Å². The van der Waals surface area contributed by atoms with Crippen LogP contribution in [0.1, 0.15) is 35.2 Å². The number of hydrogen-bond acceptors (Lipinski definition) is 4. The molecule has 0 fully saturated rings. The van der Waals surface area contributed by atoms with E-state index in [1.807, 2.05) is 6.92 Å². The van der Waals surface area contributed by atoms with Crippen LogP contribution in [-0.4, -0.2) is 19.1 Å². The van der Waals surface area contributed by atoms with E-state index in [1.165, 1.54) is 22.4 Å². The highest BCUT2D eigenvalue weighted by atomic mass is 32.1. The van der Waals surface area contributed by atoms with Gasteiger partial charge in [-0.05, 0) is 39.3 Å². The predicted octanol–water partition coefficient (Wildman–Crippen LogP) is 2.58. The average molecular weight is 241 g/mol. The summed E-state index contributed by atoms with van der Waals surface area (Å²) in [6.45, 7) is 8.08. The Labute approximate surface area is 101 Å². The Morgan fingerprint density at radius 3 is 2.50 bits per heavy atom. The third kappa shape index (κ3) is 3.06. The molecule has 4 heteroatoms. The van der Waals surface area contributed by atoms with Crippen LogP contribution in [0.3, 0.4) is 0 Å². The number of esters is 1. The van der Waals surface area contributed by atoms with E-state index in [-0.39, 0.29) is 18.1 Å². The van der Waals surface area contributed by atoms with Gasteiger partial charge in [0, 0.05) is 15.8 Å². The number of methoxy groups -OCH3 is 1. The zero-order valence-corrected chi connectivity index (χ0v) is 11.3. The van der Waals surface area contributed by atoms with Crippen LogP contribution >= 0.6 is 11.3 Å². The minimum absolute atomic E-state index is 0.166. The van der Waals surface area contributed by atoms with Crippen molar-refractivity contribution in [1.29, 1.82) is 0 Å². The largest absolute Gasteiger partial charge is 0.468 e. The summed E-state index contributed by atoms with van der Waals surface area (Å²) in [4.78, 5) is 13.9. The molecule has 0 aliphatic rings. The molecule has 2 unspecified atom stereocenters. The van der Waals surface area contributed by atoms with Gasteiger partial charge in [-0.1, -0.05) is 0 Å². The molecule has 1 aromatic rings. The first kappa shape index (κ1) is 13.2. The second-order valence-electron chi connectivity index (χ2n) is 4.00. The summed E-state index contributed by atoms with van der Waals surface area (Å²) >= 11 is 1.78. The first-order valence-corrected chi connectivity index (χ1v) is 6.18. The molecule has 0 radical (unpaired) electrons. The van der Waals surface area contributed by atoms with Crippen LogP contribution in [-0.2, 0) is 9.53 Å².